The van der Waals surface area contributed by atoms with E-state index in [4.69, 9.17) is 5.73 Å². The van der Waals surface area contributed by atoms with Crippen molar-refractivity contribution in [3.8, 4) is 0 Å². The standard InChI is InChI=1S/C14H26N4O/c1-11(2)17-6-3-4-7-18-14(19)13(15)9-12-5-8-16-10-12/h8,10-11,13,17H,3-7,9,15H2,1-2H3,(H,18,19)/t13-/m0/s1. The van der Waals surface area contributed by atoms with Crippen LogP contribution in [0.4, 0.5) is 0 Å². The van der Waals surface area contributed by atoms with Crippen LogP contribution >= 0.6 is 0 Å². The van der Waals surface area contributed by atoms with Crippen molar-refractivity contribution >= 4 is 12.1 Å². The number of nitrogens with two attached hydrogens (primary N) is 1. The maximum Gasteiger partial charge on any atom is 0.237 e. The third-order valence-corrected chi connectivity index (χ3v) is 2.99. The number of nitrogens with zero attached hydrogens (tertiary/aromatic N) is 1. The monoisotopic (exact) mass is 266 g/mol. The van der Waals surface area contributed by atoms with Crippen LogP contribution in [0.1, 0.15) is 39.5 Å². The summed E-state index contributed by atoms with van der Waals surface area (Å²) in [5, 5.41) is 6.23. The molecule has 0 aliphatic carbocycles. The molecule has 1 rings (SSSR count). The van der Waals surface area contributed by atoms with Gasteiger partial charge in [-0.25, -0.2) is 0 Å². The molecule has 0 aromatic rings. The number of amides is 1. The number of unbranched alkanes of at least 4 members (excludes halogenated alkanes) is 1. The molecule has 1 atom stereocenters. The van der Waals surface area contributed by atoms with Crippen LogP contribution in [0.15, 0.2) is 16.8 Å². The number of aliphatic imine (C=N–C) groups is 1. The van der Waals surface area contributed by atoms with Gasteiger partial charge in [-0.3, -0.25) is 9.79 Å². The molecule has 1 amide bonds. The zero-order chi connectivity index (χ0) is 14.1. The molecule has 1 aliphatic rings. The van der Waals surface area contributed by atoms with Crippen LogP contribution < -0.4 is 16.4 Å². The van der Waals surface area contributed by atoms with E-state index >= 15 is 0 Å². The first-order chi connectivity index (χ1) is 9.09. The van der Waals surface area contributed by atoms with Crippen molar-refractivity contribution in [2.24, 2.45) is 10.7 Å². The van der Waals surface area contributed by atoms with Crippen LogP contribution in [0.25, 0.3) is 0 Å². The SMILES string of the molecule is CC(C)NCCCCNC(=O)[C@@H](N)CC1=CN=CC1. The zero-order valence-electron chi connectivity index (χ0n) is 12.0. The topological polar surface area (TPSA) is 79.5 Å². The Morgan fingerprint density at radius 1 is 1.42 bits per heavy atom. The molecule has 4 N–H and O–H groups in total. The van der Waals surface area contributed by atoms with E-state index < -0.39 is 6.04 Å². The molecule has 0 aromatic carbocycles. The molecule has 0 bridgehead atoms. The fourth-order valence-electron chi connectivity index (χ4n) is 1.88. The summed E-state index contributed by atoms with van der Waals surface area (Å²) in [4.78, 5) is 15.8. The van der Waals surface area contributed by atoms with Crippen LogP contribution in [-0.4, -0.2) is 37.3 Å². The van der Waals surface area contributed by atoms with Crippen molar-refractivity contribution in [3.63, 3.8) is 0 Å². The Labute approximate surface area is 115 Å². The van der Waals surface area contributed by atoms with Crippen LogP contribution in [0.3, 0.4) is 0 Å². The first-order valence-corrected chi connectivity index (χ1v) is 7.06. The lowest BCUT2D eigenvalue weighted by Crippen LogP contribution is -2.41. The summed E-state index contributed by atoms with van der Waals surface area (Å²) in [6, 6.07) is 0.0617. The predicted octanol–water partition coefficient (Wildman–Crippen LogP) is 0.957. The summed E-state index contributed by atoms with van der Waals surface area (Å²) in [6.45, 7) is 5.94. The van der Waals surface area contributed by atoms with Crippen LogP contribution in [-0.2, 0) is 4.79 Å². The van der Waals surface area contributed by atoms with Crippen molar-refractivity contribution in [1.29, 1.82) is 0 Å². The minimum atomic E-state index is -0.457. The third-order valence-electron chi connectivity index (χ3n) is 2.99. The first-order valence-electron chi connectivity index (χ1n) is 7.06. The average Bonchev–Trinajstić information content (AvgIpc) is 2.85. The van der Waals surface area contributed by atoms with E-state index in [-0.39, 0.29) is 5.91 Å². The number of carbonyl (C=O) groups is 1. The largest absolute Gasteiger partial charge is 0.355 e. The highest BCUT2D eigenvalue weighted by Gasteiger charge is 2.15. The molecule has 0 saturated carbocycles. The maximum absolute atomic E-state index is 11.8. The van der Waals surface area contributed by atoms with E-state index in [0.29, 0.717) is 19.0 Å². The Kier molecular flexibility index (Phi) is 7.36. The molecule has 0 fully saturated rings. The molecule has 0 saturated heterocycles. The van der Waals surface area contributed by atoms with Gasteiger partial charge in [0.25, 0.3) is 0 Å². The van der Waals surface area contributed by atoms with Gasteiger partial charge in [0.15, 0.2) is 0 Å². The Morgan fingerprint density at radius 3 is 2.79 bits per heavy atom. The van der Waals surface area contributed by atoms with E-state index in [1.165, 1.54) is 0 Å². The van der Waals surface area contributed by atoms with Crippen LogP contribution in [0, 0.1) is 0 Å². The van der Waals surface area contributed by atoms with Gasteiger partial charge in [0, 0.05) is 31.4 Å². The molecular formula is C14H26N4O. The molecule has 0 radical (unpaired) electrons. The zero-order valence-corrected chi connectivity index (χ0v) is 12.0. The summed E-state index contributed by atoms with van der Waals surface area (Å²) in [7, 11) is 0. The second-order valence-electron chi connectivity index (χ2n) is 5.24. The van der Waals surface area contributed by atoms with Crippen molar-refractivity contribution in [1.82, 2.24) is 10.6 Å². The predicted molar refractivity (Wildman–Crippen MR) is 79.2 cm³/mol. The van der Waals surface area contributed by atoms with Crippen molar-refractivity contribution in [2.45, 2.75) is 51.6 Å². The molecule has 19 heavy (non-hydrogen) atoms. The van der Waals surface area contributed by atoms with Gasteiger partial charge in [-0.2, -0.15) is 0 Å². The molecule has 5 heteroatoms. The number of hydrogen-bond donors (Lipinski definition) is 3. The minimum Gasteiger partial charge on any atom is -0.355 e. The van der Waals surface area contributed by atoms with Crippen molar-refractivity contribution in [3.05, 3.63) is 11.8 Å². The molecule has 0 aromatic heterocycles. The van der Waals surface area contributed by atoms with Gasteiger partial charge in [0.05, 0.1) is 6.04 Å². The highest BCUT2D eigenvalue weighted by Crippen LogP contribution is 2.12. The first kappa shape index (κ1) is 15.9. The fraction of sp³-hybridized carbons (Fsp3) is 0.714. The average molecular weight is 266 g/mol. The molecule has 1 heterocycles. The Hall–Kier alpha value is -1.20. The summed E-state index contributed by atoms with van der Waals surface area (Å²) >= 11 is 0. The van der Waals surface area contributed by atoms with Crippen molar-refractivity contribution < 1.29 is 4.79 Å². The van der Waals surface area contributed by atoms with Crippen LogP contribution in [0.2, 0.25) is 0 Å². The summed E-state index contributed by atoms with van der Waals surface area (Å²) < 4.78 is 0. The summed E-state index contributed by atoms with van der Waals surface area (Å²) in [5.41, 5.74) is 6.99. The second-order valence-corrected chi connectivity index (χ2v) is 5.24. The maximum atomic E-state index is 11.8. The molecular weight excluding hydrogens is 240 g/mol. The Balaban J connectivity index is 2.03. The number of hydrogen-bond acceptors (Lipinski definition) is 4. The van der Waals surface area contributed by atoms with Gasteiger partial charge < -0.3 is 16.4 Å². The molecule has 5 nitrogen and oxygen atoms in total. The van der Waals surface area contributed by atoms with E-state index in [2.05, 4.69) is 29.5 Å². The van der Waals surface area contributed by atoms with E-state index in [0.717, 1.165) is 31.4 Å². The fourth-order valence-corrected chi connectivity index (χ4v) is 1.88. The van der Waals surface area contributed by atoms with Gasteiger partial charge >= 0.3 is 0 Å². The van der Waals surface area contributed by atoms with Gasteiger partial charge in [-0.1, -0.05) is 13.8 Å². The molecule has 1 aliphatic heterocycles. The van der Waals surface area contributed by atoms with E-state index in [1.807, 2.05) is 6.21 Å². The van der Waals surface area contributed by atoms with Gasteiger partial charge in [0.2, 0.25) is 5.91 Å². The third kappa shape index (κ3) is 7.08. The van der Waals surface area contributed by atoms with E-state index in [9.17, 15) is 4.79 Å². The molecule has 0 unspecified atom stereocenters. The normalized spacial score (nSPS) is 15.7. The highest BCUT2D eigenvalue weighted by molar-refractivity contribution is 5.82. The summed E-state index contributed by atoms with van der Waals surface area (Å²) in [5.74, 6) is -0.0652. The number of nitrogens with one attached hydrogen (secondary N) is 2. The number of carbonyl (C=O) groups excluding carboxylic acids is 1. The summed E-state index contributed by atoms with van der Waals surface area (Å²) in [6.07, 6.45) is 7.09. The van der Waals surface area contributed by atoms with Gasteiger partial charge in [0.1, 0.15) is 0 Å². The molecule has 108 valence electrons. The lowest BCUT2D eigenvalue weighted by Gasteiger charge is -2.13. The molecule has 0 spiro atoms. The van der Waals surface area contributed by atoms with Gasteiger partial charge in [-0.05, 0) is 31.4 Å². The highest BCUT2D eigenvalue weighted by atomic mass is 16.2. The lowest BCUT2D eigenvalue weighted by atomic mass is 10.1. The smallest absolute Gasteiger partial charge is 0.237 e. The Morgan fingerprint density at radius 2 is 2.16 bits per heavy atom. The minimum absolute atomic E-state index is 0.0652. The Bertz CT molecular complexity index is 336. The van der Waals surface area contributed by atoms with E-state index in [1.54, 1.807) is 6.20 Å². The van der Waals surface area contributed by atoms with Crippen LogP contribution in [0.5, 0.6) is 0 Å². The number of rotatable bonds is 9. The second kappa shape index (κ2) is 8.82. The van der Waals surface area contributed by atoms with Crippen molar-refractivity contribution in [2.75, 3.05) is 13.1 Å². The lowest BCUT2D eigenvalue weighted by molar-refractivity contribution is -0.122. The quantitative estimate of drug-likeness (QED) is 0.544. The van der Waals surface area contributed by atoms with Gasteiger partial charge in [-0.15, -0.1) is 0 Å².